The van der Waals surface area contributed by atoms with E-state index in [0.29, 0.717) is 12.4 Å². The molecule has 3 aliphatic rings. The topological polar surface area (TPSA) is 47.1 Å². The van der Waals surface area contributed by atoms with Gasteiger partial charge in [0.2, 0.25) is 10.8 Å². The molecule has 6 rings (SSSR count). The number of hydrogen-bond donors (Lipinski definition) is 0. The van der Waals surface area contributed by atoms with Crippen LogP contribution in [-0.4, -0.2) is 60.2 Å². The minimum absolute atomic E-state index is 0.115. The first kappa shape index (κ1) is 23.2. The minimum atomic E-state index is -1.17. The normalized spacial score (nSPS) is 22.6. The molecule has 1 atom stereocenters. The number of rotatable bonds is 5. The molecule has 36 heavy (non-hydrogen) atoms. The van der Waals surface area contributed by atoms with E-state index in [1.54, 1.807) is 17.0 Å². The third kappa shape index (κ3) is 3.89. The Bertz CT molecular complexity index is 1280. The average molecular weight is 503 g/mol. The van der Waals surface area contributed by atoms with E-state index in [2.05, 4.69) is 34.1 Å². The highest BCUT2D eigenvalue weighted by Crippen LogP contribution is 2.55. The van der Waals surface area contributed by atoms with Gasteiger partial charge in [-0.3, -0.25) is 29.2 Å². The van der Waals surface area contributed by atoms with E-state index in [0.717, 1.165) is 44.0 Å². The lowest BCUT2D eigenvalue weighted by molar-refractivity contribution is -0.124. The van der Waals surface area contributed by atoms with Crippen molar-refractivity contribution in [3.63, 3.8) is 0 Å². The highest BCUT2D eigenvalue weighted by molar-refractivity contribution is 8.02. The number of benzene rings is 3. The van der Waals surface area contributed by atoms with E-state index in [-0.39, 0.29) is 23.4 Å². The molecule has 1 spiro atoms. The van der Waals surface area contributed by atoms with Crippen LogP contribution in [0, 0.1) is 5.82 Å². The lowest BCUT2D eigenvalue weighted by Gasteiger charge is -2.37. The lowest BCUT2D eigenvalue weighted by atomic mass is 10.0. The molecule has 0 unspecified atom stereocenters. The number of carbonyl (C=O) groups is 2. The third-order valence-corrected chi connectivity index (χ3v) is 8.59. The number of para-hydroxylation sites is 1. The highest BCUT2D eigenvalue weighted by Gasteiger charge is 2.61. The van der Waals surface area contributed by atoms with Gasteiger partial charge in [-0.2, -0.15) is 0 Å². The van der Waals surface area contributed by atoms with Crippen LogP contribution in [0.1, 0.15) is 11.1 Å². The molecule has 0 radical (unpaired) electrons. The number of nitrogens with zero attached hydrogens (tertiary/aromatic N) is 4. The molecule has 3 aromatic carbocycles. The summed E-state index contributed by atoms with van der Waals surface area (Å²) in [5.41, 5.74) is 3.49. The van der Waals surface area contributed by atoms with Crippen molar-refractivity contribution in [2.45, 2.75) is 11.4 Å². The second kappa shape index (κ2) is 9.35. The Morgan fingerprint density at radius 2 is 1.47 bits per heavy atom. The average Bonchev–Trinajstić information content (AvgIpc) is 3.37. The summed E-state index contributed by atoms with van der Waals surface area (Å²) in [6.07, 6.45) is 0. The zero-order chi connectivity index (χ0) is 24.7. The highest BCUT2D eigenvalue weighted by atomic mass is 32.2. The van der Waals surface area contributed by atoms with Gasteiger partial charge in [-0.15, -0.1) is 11.8 Å². The summed E-state index contributed by atoms with van der Waals surface area (Å²) in [6, 6.07) is 24.0. The summed E-state index contributed by atoms with van der Waals surface area (Å²) in [5, 5.41) is 0. The van der Waals surface area contributed by atoms with Crippen molar-refractivity contribution in [3.05, 3.63) is 95.8 Å². The Morgan fingerprint density at radius 3 is 2.22 bits per heavy atom. The number of halogens is 1. The molecule has 3 aliphatic heterocycles. The maximum atomic E-state index is 14.2. The first-order valence-corrected chi connectivity index (χ1v) is 13.2. The van der Waals surface area contributed by atoms with Crippen molar-refractivity contribution in [3.8, 4) is 0 Å². The monoisotopic (exact) mass is 502 g/mol. The Hall–Kier alpha value is -3.20. The van der Waals surface area contributed by atoms with Gasteiger partial charge in [0.1, 0.15) is 5.82 Å². The van der Waals surface area contributed by atoms with Crippen molar-refractivity contribution < 1.29 is 14.0 Å². The van der Waals surface area contributed by atoms with Gasteiger partial charge in [-0.05, 0) is 35.9 Å². The predicted molar refractivity (Wildman–Crippen MR) is 140 cm³/mol. The Balaban J connectivity index is 1.24. The summed E-state index contributed by atoms with van der Waals surface area (Å²) >= 11 is 1.35. The van der Waals surface area contributed by atoms with Crippen LogP contribution in [0.3, 0.4) is 0 Å². The molecule has 2 fully saturated rings. The number of carbonyl (C=O) groups excluding carboxylic acids is 2. The smallest absolute Gasteiger partial charge is 0.269 e. The van der Waals surface area contributed by atoms with Crippen LogP contribution in [0.25, 0.3) is 0 Å². The van der Waals surface area contributed by atoms with Crippen LogP contribution in [0.2, 0.25) is 0 Å². The van der Waals surface area contributed by atoms with Gasteiger partial charge in [0, 0.05) is 44.0 Å². The fraction of sp³-hybridized carbons (Fsp3) is 0.286. The van der Waals surface area contributed by atoms with Crippen molar-refractivity contribution in [2.24, 2.45) is 0 Å². The van der Waals surface area contributed by atoms with Crippen LogP contribution >= 0.6 is 11.8 Å². The number of thioether (sulfide) groups is 1. The van der Waals surface area contributed by atoms with E-state index >= 15 is 0 Å². The van der Waals surface area contributed by atoms with Gasteiger partial charge in [0.05, 0.1) is 18.1 Å². The summed E-state index contributed by atoms with van der Waals surface area (Å²) < 4.78 is 13.6. The fourth-order valence-corrected chi connectivity index (χ4v) is 6.78. The van der Waals surface area contributed by atoms with E-state index in [1.165, 1.54) is 29.5 Å². The molecular weight excluding hydrogens is 475 g/mol. The molecular formula is C28H27FN4O2S. The van der Waals surface area contributed by atoms with Gasteiger partial charge in [0.25, 0.3) is 5.91 Å². The molecule has 8 heteroatoms. The fourth-order valence-electron chi connectivity index (χ4n) is 5.42. The lowest BCUT2D eigenvalue weighted by Crippen LogP contribution is -2.54. The number of amides is 2. The van der Waals surface area contributed by atoms with Crippen molar-refractivity contribution in [2.75, 3.05) is 48.4 Å². The molecule has 0 bridgehead atoms. The molecule has 0 aromatic heterocycles. The first-order valence-electron chi connectivity index (χ1n) is 12.2. The summed E-state index contributed by atoms with van der Waals surface area (Å²) in [6.45, 7) is 4.98. The van der Waals surface area contributed by atoms with Crippen molar-refractivity contribution >= 4 is 35.0 Å². The Kier molecular flexibility index (Phi) is 6.03. The molecule has 0 aliphatic carbocycles. The molecule has 2 saturated heterocycles. The molecule has 2 amide bonds. The van der Waals surface area contributed by atoms with Crippen LogP contribution in [0.4, 0.5) is 15.8 Å². The van der Waals surface area contributed by atoms with Crippen LogP contribution in [0.5, 0.6) is 0 Å². The summed E-state index contributed by atoms with van der Waals surface area (Å²) in [4.78, 5) is 34.2. The van der Waals surface area contributed by atoms with Gasteiger partial charge in [-0.25, -0.2) is 4.39 Å². The minimum Gasteiger partial charge on any atom is -0.297 e. The van der Waals surface area contributed by atoms with E-state index < -0.39 is 4.87 Å². The number of hydrogen-bond acceptors (Lipinski definition) is 5. The molecule has 0 N–H and O–H groups in total. The van der Waals surface area contributed by atoms with E-state index in [9.17, 15) is 14.0 Å². The number of fused-ring (bicyclic) bond motifs is 2. The third-order valence-electron chi connectivity index (χ3n) is 7.20. The summed E-state index contributed by atoms with van der Waals surface area (Å²) in [7, 11) is 0. The molecule has 0 saturated carbocycles. The Labute approximate surface area is 214 Å². The first-order chi connectivity index (χ1) is 17.6. The summed E-state index contributed by atoms with van der Waals surface area (Å²) in [5.74, 6) is -0.441. The van der Waals surface area contributed by atoms with Gasteiger partial charge in [0.15, 0.2) is 0 Å². The second-order valence-corrected chi connectivity index (χ2v) is 10.6. The van der Waals surface area contributed by atoms with Gasteiger partial charge in [-0.1, -0.05) is 48.5 Å². The second-order valence-electron chi connectivity index (χ2n) is 9.41. The largest absolute Gasteiger partial charge is 0.297 e. The zero-order valence-electron chi connectivity index (χ0n) is 19.8. The molecule has 184 valence electrons. The number of anilines is 2. The predicted octanol–water partition coefficient (Wildman–Crippen LogP) is 3.88. The molecule has 6 nitrogen and oxygen atoms in total. The Morgan fingerprint density at radius 1 is 0.806 bits per heavy atom. The van der Waals surface area contributed by atoms with Crippen molar-refractivity contribution in [1.82, 2.24) is 9.80 Å². The van der Waals surface area contributed by atoms with Gasteiger partial charge < -0.3 is 0 Å². The maximum absolute atomic E-state index is 14.2. The molecule has 3 aromatic rings. The maximum Gasteiger partial charge on any atom is 0.269 e. The SMILES string of the molecule is O=C1CS[C@@]2(C(=O)N(CN3CCN(Cc4ccccc4)CC3)c3ccccc32)N1c1ccc(F)cc1. The quantitative estimate of drug-likeness (QED) is 0.530. The zero-order valence-corrected chi connectivity index (χ0v) is 20.7. The number of piperazine rings is 1. The van der Waals surface area contributed by atoms with Crippen LogP contribution < -0.4 is 9.80 Å². The van der Waals surface area contributed by atoms with E-state index in [4.69, 9.17) is 0 Å². The van der Waals surface area contributed by atoms with Gasteiger partial charge >= 0.3 is 0 Å². The van der Waals surface area contributed by atoms with Crippen LogP contribution in [-0.2, 0) is 21.0 Å². The standard InChI is InChI=1S/C28H27FN4O2S/c29-22-10-12-23(13-11-22)33-26(34)19-36-28(33)24-8-4-5-9-25(24)32(27(28)35)20-31-16-14-30(15-17-31)18-21-6-2-1-3-7-21/h1-13H,14-20H2/t28-/m0/s1. The van der Waals surface area contributed by atoms with E-state index in [1.807, 2.05) is 35.2 Å². The van der Waals surface area contributed by atoms with Crippen molar-refractivity contribution in [1.29, 1.82) is 0 Å². The molecule has 3 heterocycles. The van der Waals surface area contributed by atoms with Crippen LogP contribution in [0.15, 0.2) is 78.9 Å².